The minimum absolute atomic E-state index is 0.209. The molecule has 0 aliphatic rings. The maximum atomic E-state index is 11.7. The number of nitrogens with zero attached hydrogens (tertiary/aromatic N) is 2. The summed E-state index contributed by atoms with van der Waals surface area (Å²) in [6, 6.07) is 8.04. The molecule has 0 heterocycles. The third-order valence-corrected chi connectivity index (χ3v) is 3.28. The first kappa shape index (κ1) is 16.7. The monoisotopic (exact) mass is 276 g/mol. The van der Waals surface area contributed by atoms with E-state index < -0.39 is 0 Å². The van der Waals surface area contributed by atoms with E-state index in [-0.39, 0.29) is 5.78 Å². The van der Waals surface area contributed by atoms with Crippen molar-refractivity contribution in [2.75, 3.05) is 38.6 Å². The maximum absolute atomic E-state index is 11.7. The van der Waals surface area contributed by atoms with Crippen molar-refractivity contribution in [1.29, 1.82) is 0 Å². The number of benzene rings is 1. The zero-order valence-corrected chi connectivity index (χ0v) is 13.5. The lowest BCUT2D eigenvalue weighted by Crippen LogP contribution is -2.34. The molecule has 0 aromatic heterocycles. The van der Waals surface area contributed by atoms with Gasteiger partial charge in [-0.2, -0.15) is 0 Å². The van der Waals surface area contributed by atoms with Gasteiger partial charge >= 0.3 is 0 Å². The summed E-state index contributed by atoms with van der Waals surface area (Å²) in [4.78, 5) is 16.3. The second-order valence-electron chi connectivity index (χ2n) is 5.97. The fourth-order valence-corrected chi connectivity index (χ4v) is 2.15. The van der Waals surface area contributed by atoms with Crippen LogP contribution in [0.15, 0.2) is 24.3 Å². The molecule has 0 atom stereocenters. The number of hydrogen-bond donors (Lipinski definition) is 0. The Morgan fingerprint density at radius 2 is 1.70 bits per heavy atom. The molecule has 0 aliphatic heterocycles. The van der Waals surface area contributed by atoms with Crippen LogP contribution in [0.4, 0.5) is 5.69 Å². The molecule has 0 N–H and O–H groups in total. The van der Waals surface area contributed by atoms with Gasteiger partial charge in [0.2, 0.25) is 0 Å². The molecule has 0 bridgehead atoms. The van der Waals surface area contributed by atoms with Crippen LogP contribution in [0.2, 0.25) is 0 Å². The van der Waals surface area contributed by atoms with Crippen molar-refractivity contribution in [3.8, 4) is 0 Å². The van der Waals surface area contributed by atoms with E-state index in [2.05, 4.69) is 49.9 Å². The predicted molar refractivity (Wildman–Crippen MR) is 86.7 cm³/mol. The van der Waals surface area contributed by atoms with Gasteiger partial charge in [-0.25, -0.2) is 0 Å². The molecule has 1 aromatic carbocycles. The van der Waals surface area contributed by atoms with E-state index in [1.54, 1.807) is 0 Å². The molecule has 1 rings (SSSR count). The highest BCUT2D eigenvalue weighted by Gasteiger charge is 2.10. The van der Waals surface area contributed by atoms with Crippen LogP contribution in [0.1, 0.15) is 37.6 Å². The van der Waals surface area contributed by atoms with Gasteiger partial charge in [0.1, 0.15) is 0 Å². The Bertz CT molecular complexity index is 410. The summed E-state index contributed by atoms with van der Waals surface area (Å²) in [5.41, 5.74) is 2.02. The lowest BCUT2D eigenvalue weighted by Gasteiger charge is -2.28. The van der Waals surface area contributed by atoms with Gasteiger partial charge in [0.25, 0.3) is 0 Å². The van der Waals surface area contributed by atoms with Crippen molar-refractivity contribution in [3.63, 3.8) is 0 Å². The Morgan fingerprint density at radius 1 is 1.10 bits per heavy atom. The molecule has 0 aliphatic carbocycles. The quantitative estimate of drug-likeness (QED) is 0.681. The highest BCUT2D eigenvalue weighted by atomic mass is 16.1. The van der Waals surface area contributed by atoms with Gasteiger partial charge in [0.15, 0.2) is 5.78 Å². The zero-order chi connectivity index (χ0) is 15.1. The second kappa shape index (κ2) is 8.05. The van der Waals surface area contributed by atoms with Crippen LogP contribution in [0.5, 0.6) is 0 Å². The number of likely N-dealkylation sites (N-methyl/N-ethyl adjacent to an activating group) is 1. The molecule has 0 amide bonds. The van der Waals surface area contributed by atoms with Crippen molar-refractivity contribution in [2.24, 2.45) is 5.92 Å². The first-order chi connectivity index (χ1) is 9.43. The number of carbonyl (C=O) groups is 1. The Kier molecular flexibility index (Phi) is 6.73. The summed E-state index contributed by atoms with van der Waals surface area (Å²) in [6.45, 7) is 9.44. The molecule has 3 heteroatoms. The summed E-state index contributed by atoms with van der Waals surface area (Å²) in [6.07, 6.45) is 0.565. The molecule has 1 aromatic rings. The van der Waals surface area contributed by atoms with Crippen LogP contribution < -0.4 is 4.90 Å². The lowest BCUT2D eigenvalue weighted by molar-refractivity contribution is 0.0988. The number of anilines is 1. The highest BCUT2D eigenvalue weighted by Crippen LogP contribution is 2.17. The van der Waals surface area contributed by atoms with E-state index in [1.807, 2.05) is 19.1 Å². The van der Waals surface area contributed by atoms with Crippen molar-refractivity contribution < 1.29 is 4.79 Å². The third kappa shape index (κ3) is 5.33. The molecular formula is C17H28N2O. The van der Waals surface area contributed by atoms with Crippen LogP contribution in [0.25, 0.3) is 0 Å². The molecular weight excluding hydrogens is 248 g/mol. The van der Waals surface area contributed by atoms with Gasteiger partial charge in [-0.3, -0.25) is 4.79 Å². The molecule has 0 fully saturated rings. The topological polar surface area (TPSA) is 23.6 Å². The minimum Gasteiger partial charge on any atom is -0.370 e. The summed E-state index contributed by atoms with van der Waals surface area (Å²) >= 11 is 0. The molecule has 0 saturated carbocycles. The van der Waals surface area contributed by atoms with E-state index in [4.69, 9.17) is 0 Å². The molecule has 20 heavy (non-hydrogen) atoms. The summed E-state index contributed by atoms with van der Waals surface area (Å²) in [7, 11) is 4.19. The third-order valence-electron chi connectivity index (χ3n) is 3.28. The smallest absolute Gasteiger partial charge is 0.162 e. The second-order valence-corrected chi connectivity index (χ2v) is 5.97. The van der Waals surface area contributed by atoms with Crippen molar-refractivity contribution in [2.45, 2.75) is 27.2 Å². The normalized spacial score (nSPS) is 11.2. The Hall–Kier alpha value is -1.35. The van der Waals surface area contributed by atoms with E-state index in [0.717, 1.165) is 25.2 Å². The highest BCUT2D eigenvalue weighted by molar-refractivity contribution is 5.96. The van der Waals surface area contributed by atoms with Gasteiger partial charge in [0.05, 0.1) is 0 Å². The first-order valence-corrected chi connectivity index (χ1v) is 7.47. The van der Waals surface area contributed by atoms with Gasteiger partial charge < -0.3 is 9.80 Å². The number of carbonyl (C=O) groups excluding carboxylic acids is 1. The van der Waals surface area contributed by atoms with Crippen LogP contribution in [-0.2, 0) is 0 Å². The number of Topliss-reactive ketones (excluding diaryl/α,β-unsaturated/α-hetero) is 1. The summed E-state index contributed by atoms with van der Waals surface area (Å²) < 4.78 is 0. The zero-order valence-electron chi connectivity index (χ0n) is 13.5. The van der Waals surface area contributed by atoms with Gasteiger partial charge in [-0.1, -0.05) is 20.8 Å². The molecule has 0 unspecified atom stereocenters. The van der Waals surface area contributed by atoms with Crippen molar-refractivity contribution >= 4 is 11.5 Å². The van der Waals surface area contributed by atoms with Crippen LogP contribution in [-0.4, -0.2) is 44.4 Å². The molecule has 0 spiro atoms. The Balaban J connectivity index is 2.81. The predicted octanol–water partition coefficient (Wildman–Crippen LogP) is 3.30. The fourth-order valence-electron chi connectivity index (χ4n) is 2.15. The Morgan fingerprint density at radius 3 is 2.15 bits per heavy atom. The SMILES string of the molecule is CCC(=O)c1ccc(N(CCN(C)C)CC(C)C)cc1. The fraction of sp³-hybridized carbons (Fsp3) is 0.588. The van der Waals surface area contributed by atoms with E-state index in [0.29, 0.717) is 12.3 Å². The number of rotatable bonds is 8. The van der Waals surface area contributed by atoms with Gasteiger partial charge in [-0.15, -0.1) is 0 Å². The van der Waals surface area contributed by atoms with E-state index in [1.165, 1.54) is 5.69 Å². The van der Waals surface area contributed by atoms with Crippen LogP contribution in [0, 0.1) is 5.92 Å². The average molecular weight is 276 g/mol. The standard InChI is InChI=1S/C17H28N2O/c1-6-17(20)15-7-9-16(10-8-15)19(13-14(2)3)12-11-18(4)5/h7-10,14H,6,11-13H2,1-5H3. The van der Waals surface area contributed by atoms with E-state index in [9.17, 15) is 4.79 Å². The summed E-state index contributed by atoms with van der Waals surface area (Å²) in [5, 5.41) is 0. The molecule has 0 radical (unpaired) electrons. The maximum Gasteiger partial charge on any atom is 0.162 e. The average Bonchev–Trinajstić information content (AvgIpc) is 2.42. The van der Waals surface area contributed by atoms with Crippen LogP contribution >= 0.6 is 0 Å². The van der Waals surface area contributed by atoms with Gasteiger partial charge in [-0.05, 0) is 44.3 Å². The summed E-state index contributed by atoms with van der Waals surface area (Å²) in [5.74, 6) is 0.828. The largest absolute Gasteiger partial charge is 0.370 e. The lowest BCUT2D eigenvalue weighted by atomic mass is 10.1. The number of ketones is 1. The molecule has 3 nitrogen and oxygen atoms in total. The van der Waals surface area contributed by atoms with Crippen molar-refractivity contribution in [1.82, 2.24) is 4.90 Å². The molecule has 0 saturated heterocycles. The van der Waals surface area contributed by atoms with Crippen molar-refractivity contribution in [3.05, 3.63) is 29.8 Å². The Labute approximate surface area is 123 Å². The van der Waals surface area contributed by atoms with Crippen LogP contribution in [0.3, 0.4) is 0 Å². The number of hydrogen-bond acceptors (Lipinski definition) is 3. The van der Waals surface area contributed by atoms with E-state index >= 15 is 0 Å². The first-order valence-electron chi connectivity index (χ1n) is 7.47. The minimum atomic E-state index is 0.209. The van der Waals surface area contributed by atoms with Gasteiger partial charge in [0, 0.05) is 37.3 Å². The molecule has 112 valence electrons.